The second-order valence-corrected chi connectivity index (χ2v) is 4.55. The van der Waals surface area contributed by atoms with Gasteiger partial charge in [-0.2, -0.15) is 4.98 Å². The van der Waals surface area contributed by atoms with Crippen molar-refractivity contribution in [2.45, 2.75) is 33.0 Å². The van der Waals surface area contributed by atoms with Crippen molar-refractivity contribution in [3.8, 4) is 0 Å². The third kappa shape index (κ3) is 2.61. The van der Waals surface area contributed by atoms with Crippen LogP contribution in [0.15, 0.2) is 4.52 Å². The number of ether oxygens (including phenoxy) is 2. The van der Waals surface area contributed by atoms with Gasteiger partial charge in [0.15, 0.2) is 5.82 Å². The van der Waals surface area contributed by atoms with Gasteiger partial charge in [-0.05, 0) is 5.92 Å². The first-order valence-corrected chi connectivity index (χ1v) is 5.85. The van der Waals surface area contributed by atoms with Gasteiger partial charge < -0.3 is 14.0 Å². The summed E-state index contributed by atoms with van der Waals surface area (Å²) in [6.45, 7) is 5.08. The Morgan fingerprint density at radius 1 is 1.56 bits per heavy atom. The minimum atomic E-state index is -0.327. The number of rotatable bonds is 5. The number of nitrogens with zero attached hydrogens (tertiary/aromatic N) is 3. The van der Waals surface area contributed by atoms with Crippen LogP contribution in [0, 0.1) is 5.92 Å². The Hall–Kier alpha value is -1.63. The molecule has 0 N–H and O–H groups in total. The van der Waals surface area contributed by atoms with Gasteiger partial charge in [0.1, 0.15) is 13.2 Å². The molecule has 1 amide bonds. The molecule has 0 aromatic carbocycles. The largest absolute Gasteiger partial charge is 0.447 e. The molecular weight excluding hydrogens is 238 g/mol. The molecule has 1 saturated heterocycles. The van der Waals surface area contributed by atoms with Gasteiger partial charge in [-0.25, -0.2) is 4.79 Å². The predicted molar refractivity (Wildman–Crippen MR) is 60.5 cm³/mol. The number of hydrogen-bond donors (Lipinski definition) is 0. The summed E-state index contributed by atoms with van der Waals surface area (Å²) in [5.74, 6) is 1.19. The van der Waals surface area contributed by atoms with E-state index in [-0.39, 0.29) is 18.7 Å². The third-order valence-electron chi connectivity index (χ3n) is 2.87. The highest BCUT2D eigenvalue weighted by Gasteiger charge is 2.35. The molecule has 2 heterocycles. The van der Waals surface area contributed by atoms with E-state index in [2.05, 4.69) is 10.1 Å². The second-order valence-electron chi connectivity index (χ2n) is 4.55. The van der Waals surface area contributed by atoms with Gasteiger partial charge in [-0.1, -0.05) is 19.0 Å². The van der Waals surface area contributed by atoms with Gasteiger partial charge in [-0.15, -0.1) is 0 Å². The highest BCUT2D eigenvalue weighted by molar-refractivity contribution is 5.70. The molecule has 1 aromatic heterocycles. The van der Waals surface area contributed by atoms with Crippen LogP contribution in [-0.4, -0.2) is 40.9 Å². The van der Waals surface area contributed by atoms with Crippen LogP contribution < -0.4 is 0 Å². The molecule has 0 radical (unpaired) electrons. The van der Waals surface area contributed by atoms with Crippen molar-refractivity contribution < 1.29 is 18.8 Å². The fourth-order valence-corrected chi connectivity index (χ4v) is 1.89. The maximum Gasteiger partial charge on any atom is 0.410 e. The molecule has 0 saturated carbocycles. The maximum atomic E-state index is 11.6. The van der Waals surface area contributed by atoms with Crippen molar-refractivity contribution in [1.29, 1.82) is 0 Å². The minimum Gasteiger partial charge on any atom is -0.447 e. The van der Waals surface area contributed by atoms with Crippen molar-refractivity contribution >= 4 is 6.09 Å². The first-order valence-electron chi connectivity index (χ1n) is 5.85. The molecule has 1 aliphatic rings. The SMILES string of the molecule is COCc1nc(CN2C(=O)OC[C@@H]2C(C)C)no1. The lowest BCUT2D eigenvalue weighted by Gasteiger charge is -2.22. The van der Waals surface area contributed by atoms with E-state index in [0.717, 1.165) is 0 Å². The highest BCUT2D eigenvalue weighted by Crippen LogP contribution is 2.21. The number of carbonyl (C=O) groups excluding carboxylic acids is 1. The Kier molecular flexibility index (Phi) is 3.81. The molecule has 0 unspecified atom stereocenters. The standard InChI is InChI=1S/C11H17N3O4/c1-7(2)8-5-17-11(15)14(8)4-9-12-10(6-16-3)18-13-9/h7-8H,4-6H2,1-3H3/t8-/m1/s1. The number of cyclic esters (lactones) is 1. The van der Waals surface area contributed by atoms with Crippen molar-refractivity contribution in [3.63, 3.8) is 0 Å². The average molecular weight is 255 g/mol. The van der Waals surface area contributed by atoms with Gasteiger partial charge in [0.25, 0.3) is 5.89 Å². The minimum absolute atomic E-state index is 0.0573. The molecule has 18 heavy (non-hydrogen) atoms. The van der Waals surface area contributed by atoms with Crippen LogP contribution in [0.5, 0.6) is 0 Å². The number of aromatic nitrogens is 2. The zero-order valence-corrected chi connectivity index (χ0v) is 10.8. The molecule has 7 nitrogen and oxygen atoms in total. The fourth-order valence-electron chi connectivity index (χ4n) is 1.89. The van der Waals surface area contributed by atoms with E-state index in [1.165, 1.54) is 0 Å². The fraction of sp³-hybridized carbons (Fsp3) is 0.727. The number of hydrogen-bond acceptors (Lipinski definition) is 6. The van der Waals surface area contributed by atoms with E-state index in [4.69, 9.17) is 14.0 Å². The van der Waals surface area contributed by atoms with Crippen LogP contribution in [0.2, 0.25) is 0 Å². The molecule has 0 bridgehead atoms. The number of methoxy groups -OCH3 is 1. The van der Waals surface area contributed by atoms with Crippen LogP contribution in [-0.2, 0) is 22.6 Å². The first-order chi connectivity index (χ1) is 8.61. The highest BCUT2D eigenvalue weighted by atomic mass is 16.6. The number of carbonyl (C=O) groups is 1. The molecule has 1 aromatic rings. The van der Waals surface area contributed by atoms with Gasteiger partial charge in [0.05, 0.1) is 12.6 Å². The van der Waals surface area contributed by atoms with E-state index >= 15 is 0 Å². The summed E-state index contributed by atoms with van der Waals surface area (Å²) in [6.07, 6.45) is -0.327. The molecule has 1 fully saturated rings. The lowest BCUT2D eigenvalue weighted by Crippen LogP contribution is -2.36. The van der Waals surface area contributed by atoms with Crippen LogP contribution in [0.25, 0.3) is 0 Å². The second kappa shape index (κ2) is 5.34. The van der Waals surface area contributed by atoms with E-state index in [0.29, 0.717) is 30.8 Å². The lowest BCUT2D eigenvalue weighted by molar-refractivity contribution is 0.150. The number of amides is 1. The van der Waals surface area contributed by atoms with Crippen LogP contribution in [0.1, 0.15) is 25.6 Å². The van der Waals surface area contributed by atoms with E-state index in [1.807, 2.05) is 13.8 Å². The van der Waals surface area contributed by atoms with Gasteiger partial charge in [0, 0.05) is 7.11 Å². The van der Waals surface area contributed by atoms with Crippen molar-refractivity contribution in [2.24, 2.45) is 5.92 Å². The Labute approximate surface area is 105 Å². The molecule has 7 heteroatoms. The monoisotopic (exact) mass is 255 g/mol. The van der Waals surface area contributed by atoms with E-state index < -0.39 is 0 Å². The average Bonchev–Trinajstić information content (AvgIpc) is 2.89. The summed E-state index contributed by atoms with van der Waals surface area (Å²) in [5.41, 5.74) is 0. The summed E-state index contributed by atoms with van der Waals surface area (Å²) < 4.78 is 14.9. The molecule has 0 aliphatic carbocycles. The summed E-state index contributed by atoms with van der Waals surface area (Å²) in [6, 6.07) is 0.0573. The molecule has 2 rings (SSSR count). The third-order valence-corrected chi connectivity index (χ3v) is 2.87. The predicted octanol–water partition coefficient (Wildman–Crippen LogP) is 1.19. The summed E-state index contributed by atoms with van der Waals surface area (Å²) in [4.78, 5) is 17.4. The smallest absolute Gasteiger partial charge is 0.410 e. The molecule has 1 atom stereocenters. The van der Waals surface area contributed by atoms with Gasteiger partial charge in [0.2, 0.25) is 0 Å². The van der Waals surface area contributed by atoms with Crippen molar-refractivity contribution in [3.05, 3.63) is 11.7 Å². The summed E-state index contributed by atoms with van der Waals surface area (Å²) in [5, 5.41) is 3.81. The lowest BCUT2D eigenvalue weighted by atomic mass is 10.0. The zero-order chi connectivity index (χ0) is 13.1. The normalized spacial score (nSPS) is 19.7. The Morgan fingerprint density at radius 3 is 3.00 bits per heavy atom. The maximum absolute atomic E-state index is 11.6. The quantitative estimate of drug-likeness (QED) is 0.786. The molecule has 1 aliphatic heterocycles. The molecular formula is C11H17N3O4. The first kappa shape index (κ1) is 12.8. The Balaban J connectivity index is 2.04. The summed E-state index contributed by atoms with van der Waals surface area (Å²) >= 11 is 0. The Bertz CT molecular complexity index is 418. The van der Waals surface area contributed by atoms with Crippen LogP contribution in [0.3, 0.4) is 0 Å². The van der Waals surface area contributed by atoms with Crippen LogP contribution in [0.4, 0.5) is 4.79 Å². The van der Waals surface area contributed by atoms with Gasteiger partial charge >= 0.3 is 6.09 Å². The van der Waals surface area contributed by atoms with Crippen molar-refractivity contribution in [2.75, 3.05) is 13.7 Å². The van der Waals surface area contributed by atoms with Gasteiger partial charge in [-0.3, -0.25) is 4.90 Å². The zero-order valence-electron chi connectivity index (χ0n) is 10.8. The van der Waals surface area contributed by atoms with E-state index in [9.17, 15) is 4.79 Å². The Morgan fingerprint density at radius 2 is 2.33 bits per heavy atom. The molecule has 100 valence electrons. The van der Waals surface area contributed by atoms with Crippen molar-refractivity contribution in [1.82, 2.24) is 15.0 Å². The topological polar surface area (TPSA) is 77.7 Å². The van der Waals surface area contributed by atoms with E-state index in [1.54, 1.807) is 12.0 Å². The summed E-state index contributed by atoms with van der Waals surface area (Å²) in [7, 11) is 1.55. The van der Waals surface area contributed by atoms with Crippen LogP contribution >= 0.6 is 0 Å². The molecule has 0 spiro atoms.